The molecule has 0 aromatic heterocycles. The van der Waals surface area contributed by atoms with E-state index in [1.54, 1.807) is 0 Å². The molecule has 0 bridgehead atoms. The predicted octanol–water partition coefficient (Wildman–Crippen LogP) is 1.46. The average Bonchev–Trinajstić information content (AvgIpc) is 2.35. The van der Waals surface area contributed by atoms with Crippen LogP contribution in [0.4, 0.5) is 0 Å². The highest BCUT2D eigenvalue weighted by Crippen LogP contribution is 2.16. The molecule has 4 nitrogen and oxygen atoms in total. The summed E-state index contributed by atoms with van der Waals surface area (Å²) >= 11 is 0. The van der Waals surface area contributed by atoms with Crippen molar-refractivity contribution < 1.29 is 19.4 Å². The summed E-state index contributed by atoms with van der Waals surface area (Å²) in [5.74, 6) is 0.154. The molecule has 1 atom stereocenters. The van der Waals surface area contributed by atoms with E-state index in [0.29, 0.717) is 5.75 Å². The summed E-state index contributed by atoms with van der Waals surface area (Å²) in [5, 5.41) is 9.51. The van der Waals surface area contributed by atoms with Gasteiger partial charge in [0.05, 0.1) is 0 Å². The van der Waals surface area contributed by atoms with Crippen molar-refractivity contribution in [3.63, 3.8) is 0 Å². The van der Waals surface area contributed by atoms with Crippen molar-refractivity contribution in [1.82, 2.24) is 0 Å². The van der Waals surface area contributed by atoms with Gasteiger partial charge in [-0.25, -0.2) is 4.79 Å². The Kier molecular flexibility index (Phi) is 5.23. The van der Waals surface area contributed by atoms with Crippen molar-refractivity contribution in [2.45, 2.75) is 13.0 Å². The molecule has 0 aliphatic heterocycles. The molecule has 92 valence electrons. The summed E-state index contributed by atoms with van der Waals surface area (Å²) in [6.07, 6.45) is 0.202. The zero-order chi connectivity index (χ0) is 12.7. The SMILES string of the molecule is C=CC(=O)OCC(O)COc1ccccc1C. The number of hydrogen-bond donors (Lipinski definition) is 1. The summed E-state index contributed by atoms with van der Waals surface area (Å²) in [6, 6.07) is 7.49. The van der Waals surface area contributed by atoms with Crippen LogP contribution in [0.2, 0.25) is 0 Å². The van der Waals surface area contributed by atoms with Crippen molar-refractivity contribution in [2.24, 2.45) is 0 Å². The fourth-order valence-corrected chi connectivity index (χ4v) is 1.19. The summed E-state index contributed by atoms with van der Waals surface area (Å²) in [5.41, 5.74) is 0.989. The fourth-order valence-electron chi connectivity index (χ4n) is 1.19. The summed E-state index contributed by atoms with van der Waals surface area (Å²) < 4.78 is 10.1. The second kappa shape index (κ2) is 6.70. The zero-order valence-electron chi connectivity index (χ0n) is 9.76. The highest BCUT2D eigenvalue weighted by Gasteiger charge is 2.08. The van der Waals surface area contributed by atoms with E-state index in [1.807, 2.05) is 31.2 Å². The van der Waals surface area contributed by atoms with Gasteiger partial charge < -0.3 is 14.6 Å². The highest BCUT2D eigenvalue weighted by atomic mass is 16.5. The Bertz CT molecular complexity index is 387. The van der Waals surface area contributed by atoms with Crippen LogP contribution < -0.4 is 4.74 Å². The Hall–Kier alpha value is -1.81. The van der Waals surface area contributed by atoms with Gasteiger partial charge >= 0.3 is 5.97 Å². The second-order valence-electron chi connectivity index (χ2n) is 3.56. The van der Waals surface area contributed by atoms with Gasteiger partial charge in [0.2, 0.25) is 0 Å². The number of esters is 1. The van der Waals surface area contributed by atoms with Crippen LogP contribution in [0, 0.1) is 6.92 Å². The second-order valence-corrected chi connectivity index (χ2v) is 3.56. The molecular formula is C13H16O4. The molecule has 0 saturated carbocycles. The molecule has 1 N–H and O–H groups in total. The molecule has 0 amide bonds. The molecule has 0 radical (unpaired) electrons. The van der Waals surface area contributed by atoms with E-state index in [2.05, 4.69) is 11.3 Å². The van der Waals surface area contributed by atoms with Gasteiger partial charge in [0, 0.05) is 6.08 Å². The fraction of sp³-hybridized carbons (Fsp3) is 0.308. The van der Waals surface area contributed by atoms with Crippen molar-refractivity contribution >= 4 is 5.97 Å². The standard InChI is InChI=1S/C13H16O4/c1-3-13(15)17-9-11(14)8-16-12-7-5-4-6-10(12)2/h3-7,11,14H,1,8-9H2,2H3. The molecular weight excluding hydrogens is 220 g/mol. The number of para-hydroxylation sites is 1. The normalized spacial score (nSPS) is 11.6. The lowest BCUT2D eigenvalue weighted by Crippen LogP contribution is -2.24. The lowest BCUT2D eigenvalue weighted by Gasteiger charge is -2.13. The minimum atomic E-state index is -0.849. The minimum absolute atomic E-state index is 0.0786. The molecule has 1 aromatic carbocycles. The van der Waals surface area contributed by atoms with Crippen LogP contribution in [-0.4, -0.2) is 30.4 Å². The van der Waals surface area contributed by atoms with Gasteiger partial charge in [-0.15, -0.1) is 0 Å². The number of rotatable bonds is 6. The molecule has 0 spiro atoms. The first-order valence-corrected chi connectivity index (χ1v) is 5.29. The zero-order valence-corrected chi connectivity index (χ0v) is 9.76. The van der Waals surface area contributed by atoms with E-state index in [9.17, 15) is 9.90 Å². The third kappa shape index (κ3) is 4.70. The number of carbonyl (C=O) groups is 1. The van der Waals surface area contributed by atoms with E-state index in [1.165, 1.54) is 0 Å². The number of carbonyl (C=O) groups excluding carboxylic acids is 1. The summed E-state index contributed by atoms with van der Waals surface area (Å²) in [6.45, 7) is 5.15. The molecule has 0 heterocycles. The first kappa shape index (κ1) is 13.3. The third-order valence-electron chi connectivity index (χ3n) is 2.11. The van der Waals surface area contributed by atoms with Crippen LogP contribution in [-0.2, 0) is 9.53 Å². The smallest absolute Gasteiger partial charge is 0.330 e. The highest BCUT2D eigenvalue weighted by molar-refractivity contribution is 5.81. The number of aliphatic hydroxyl groups excluding tert-OH is 1. The minimum Gasteiger partial charge on any atom is -0.490 e. The van der Waals surface area contributed by atoms with Gasteiger partial charge in [-0.3, -0.25) is 0 Å². The van der Waals surface area contributed by atoms with Crippen LogP contribution in [0.25, 0.3) is 0 Å². The molecule has 1 aromatic rings. The lowest BCUT2D eigenvalue weighted by molar-refractivity contribution is -0.141. The maximum absolute atomic E-state index is 10.8. The average molecular weight is 236 g/mol. The van der Waals surface area contributed by atoms with Gasteiger partial charge in [-0.05, 0) is 18.6 Å². The van der Waals surface area contributed by atoms with Crippen molar-refractivity contribution in [1.29, 1.82) is 0 Å². The quantitative estimate of drug-likeness (QED) is 0.600. The maximum Gasteiger partial charge on any atom is 0.330 e. The topological polar surface area (TPSA) is 55.8 Å². The largest absolute Gasteiger partial charge is 0.490 e. The molecule has 0 aliphatic rings. The Labute approximate surface area is 100 Å². The number of benzene rings is 1. The molecule has 1 unspecified atom stereocenters. The number of aryl methyl sites for hydroxylation is 1. The van der Waals surface area contributed by atoms with Gasteiger partial charge in [0.15, 0.2) is 0 Å². The van der Waals surface area contributed by atoms with Gasteiger partial charge in [-0.1, -0.05) is 24.8 Å². The molecule has 0 saturated heterocycles. The van der Waals surface area contributed by atoms with E-state index < -0.39 is 12.1 Å². The van der Waals surface area contributed by atoms with Crippen molar-refractivity contribution in [3.8, 4) is 5.75 Å². The Morgan fingerprint density at radius 3 is 2.82 bits per heavy atom. The van der Waals surface area contributed by atoms with Gasteiger partial charge in [0.1, 0.15) is 25.1 Å². The van der Waals surface area contributed by atoms with Crippen LogP contribution in [0.3, 0.4) is 0 Å². The van der Waals surface area contributed by atoms with Gasteiger partial charge in [0.25, 0.3) is 0 Å². The first-order chi connectivity index (χ1) is 8.13. The predicted molar refractivity (Wildman–Crippen MR) is 63.8 cm³/mol. The van der Waals surface area contributed by atoms with Crippen LogP contribution >= 0.6 is 0 Å². The summed E-state index contributed by atoms with van der Waals surface area (Å²) in [7, 11) is 0. The van der Waals surface area contributed by atoms with Crippen molar-refractivity contribution in [2.75, 3.05) is 13.2 Å². The number of aliphatic hydroxyl groups is 1. The number of ether oxygens (including phenoxy) is 2. The number of hydrogen-bond acceptors (Lipinski definition) is 4. The van der Waals surface area contributed by atoms with Crippen LogP contribution in [0.15, 0.2) is 36.9 Å². The monoisotopic (exact) mass is 236 g/mol. The van der Waals surface area contributed by atoms with Crippen LogP contribution in [0.5, 0.6) is 5.75 Å². The van der Waals surface area contributed by atoms with E-state index in [4.69, 9.17) is 4.74 Å². The molecule has 4 heteroatoms. The van der Waals surface area contributed by atoms with Crippen molar-refractivity contribution in [3.05, 3.63) is 42.5 Å². The van der Waals surface area contributed by atoms with E-state index >= 15 is 0 Å². The Morgan fingerprint density at radius 1 is 1.47 bits per heavy atom. The molecule has 17 heavy (non-hydrogen) atoms. The first-order valence-electron chi connectivity index (χ1n) is 5.29. The van der Waals surface area contributed by atoms with E-state index in [0.717, 1.165) is 11.6 Å². The van der Waals surface area contributed by atoms with Crippen LogP contribution in [0.1, 0.15) is 5.56 Å². The Balaban J connectivity index is 2.33. The summed E-state index contributed by atoms with van der Waals surface area (Å²) in [4.78, 5) is 10.8. The lowest BCUT2D eigenvalue weighted by atomic mass is 10.2. The Morgan fingerprint density at radius 2 is 2.18 bits per heavy atom. The molecule has 1 rings (SSSR count). The third-order valence-corrected chi connectivity index (χ3v) is 2.11. The maximum atomic E-state index is 10.8. The van der Waals surface area contributed by atoms with E-state index in [-0.39, 0.29) is 13.2 Å². The van der Waals surface area contributed by atoms with Gasteiger partial charge in [-0.2, -0.15) is 0 Å². The molecule has 0 aliphatic carbocycles. The molecule has 0 fully saturated rings.